The monoisotopic (exact) mass is 305 g/mol. The first-order valence-corrected chi connectivity index (χ1v) is 7.47. The highest BCUT2D eigenvalue weighted by atomic mass is 35.5. The number of amides is 2. The number of nitrogens with zero attached hydrogens (tertiary/aromatic N) is 1. The van der Waals surface area contributed by atoms with E-state index < -0.39 is 5.82 Å². The third-order valence-corrected chi connectivity index (χ3v) is 5.15. The summed E-state index contributed by atoms with van der Waals surface area (Å²) in [5.41, 5.74) is 0.0169. The molecule has 1 saturated carbocycles. The van der Waals surface area contributed by atoms with Crippen molar-refractivity contribution in [2.45, 2.75) is 12.8 Å². The SMILES string of the molecule is O=C1[C@@H]2[C@@H](C(=O)N1c1ccc(Cl)cc1F)[C@@H]1C=C[C@@H]2CC1. The van der Waals surface area contributed by atoms with Gasteiger partial charge in [-0.05, 0) is 42.9 Å². The zero-order chi connectivity index (χ0) is 14.7. The highest BCUT2D eigenvalue weighted by Crippen LogP contribution is 2.50. The van der Waals surface area contributed by atoms with Crippen molar-refractivity contribution in [1.82, 2.24) is 0 Å². The molecule has 3 nitrogen and oxygen atoms in total. The summed E-state index contributed by atoms with van der Waals surface area (Å²) >= 11 is 5.74. The van der Waals surface area contributed by atoms with Crippen molar-refractivity contribution in [1.29, 1.82) is 0 Å². The van der Waals surface area contributed by atoms with E-state index in [9.17, 15) is 14.0 Å². The number of carbonyl (C=O) groups excluding carboxylic acids is 2. The first kappa shape index (κ1) is 13.0. The molecule has 0 unspecified atom stereocenters. The van der Waals surface area contributed by atoms with E-state index in [1.165, 1.54) is 12.1 Å². The standard InChI is InChI=1S/C16H13ClFNO2/c17-10-5-6-12(11(18)7-10)19-15(20)13-8-1-2-9(4-3-8)14(13)16(19)21/h1-2,5-9,13-14H,3-4H2/t8-,9-,13+,14+/m1/s1. The molecule has 1 aromatic rings. The van der Waals surface area contributed by atoms with Crippen molar-refractivity contribution < 1.29 is 14.0 Å². The maximum atomic E-state index is 14.1. The summed E-state index contributed by atoms with van der Waals surface area (Å²) in [4.78, 5) is 26.3. The molecule has 0 aromatic heterocycles. The number of anilines is 1. The van der Waals surface area contributed by atoms with Gasteiger partial charge in [-0.15, -0.1) is 0 Å². The first-order valence-electron chi connectivity index (χ1n) is 7.09. The zero-order valence-electron chi connectivity index (χ0n) is 11.1. The Morgan fingerprint density at radius 2 is 1.62 bits per heavy atom. The van der Waals surface area contributed by atoms with Crippen LogP contribution in [-0.2, 0) is 9.59 Å². The van der Waals surface area contributed by atoms with Gasteiger partial charge >= 0.3 is 0 Å². The van der Waals surface area contributed by atoms with Crippen LogP contribution < -0.4 is 4.90 Å². The third-order valence-electron chi connectivity index (χ3n) is 4.91. The predicted molar refractivity (Wildman–Crippen MR) is 76.2 cm³/mol. The maximum absolute atomic E-state index is 14.1. The minimum absolute atomic E-state index is 0.0169. The quantitative estimate of drug-likeness (QED) is 0.590. The third kappa shape index (κ3) is 1.72. The van der Waals surface area contributed by atoms with Crippen molar-refractivity contribution >= 4 is 29.1 Å². The van der Waals surface area contributed by atoms with E-state index in [1.807, 2.05) is 12.2 Å². The average Bonchev–Trinajstić information content (AvgIpc) is 2.75. The number of hydrogen-bond donors (Lipinski definition) is 0. The summed E-state index contributed by atoms with van der Waals surface area (Å²) in [5, 5.41) is 0.245. The molecule has 0 spiro atoms. The highest BCUT2D eigenvalue weighted by Gasteiger charge is 2.57. The Hall–Kier alpha value is -1.68. The van der Waals surface area contributed by atoms with E-state index in [0.29, 0.717) is 0 Å². The molecule has 21 heavy (non-hydrogen) atoms. The lowest BCUT2D eigenvalue weighted by Gasteiger charge is -2.38. The number of benzene rings is 1. The number of halogens is 2. The molecular formula is C16H13ClFNO2. The zero-order valence-corrected chi connectivity index (χ0v) is 11.9. The molecule has 2 bridgehead atoms. The van der Waals surface area contributed by atoms with Crippen LogP contribution >= 0.6 is 11.6 Å². The molecule has 1 aromatic carbocycles. The van der Waals surface area contributed by atoms with Crippen LogP contribution in [0, 0.1) is 29.5 Å². The summed E-state index contributed by atoms with van der Waals surface area (Å²) in [6.45, 7) is 0. The lowest BCUT2D eigenvalue weighted by Crippen LogP contribution is -2.38. The van der Waals surface area contributed by atoms with Gasteiger partial charge in [0.1, 0.15) is 5.82 Å². The molecule has 0 N–H and O–H groups in total. The number of rotatable bonds is 1. The van der Waals surface area contributed by atoms with Crippen LogP contribution in [0.4, 0.5) is 10.1 Å². The molecule has 5 heteroatoms. The van der Waals surface area contributed by atoms with Gasteiger partial charge in [-0.2, -0.15) is 0 Å². The van der Waals surface area contributed by atoms with Gasteiger partial charge in [-0.3, -0.25) is 9.59 Å². The lowest BCUT2D eigenvalue weighted by atomic mass is 9.63. The molecule has 2 fully saturated rings. The van der Waals surface area contributed by atoms with E-state index >= 15 is 0 Å². The molecule has 3 aliphatic carbocycles. The fourth-order valence-corrected chi connectivity index (χ4v) is 4.13. The molecular weight excluding hydrogens is 293 g/mol. The lowest BCUT2D eigenvalue weighted by molar-refractivity contribution is -0.124. The molecule has 108 valence electrons. The van der Waals surface area contributed by atoms with Crippen molar-refractivity contribution in [3.8, 4) is 0 Å². The Balaban J connectivity index is 1.78. The van der Waals surface area contributed by atoms with Gasteiger partial charge in [-0.25, -0.2) is 9.29 Å². The molecule has 1 heterocycles. The van der Waals surface area contributed by atoms with E-state index in [0.717, 1.165) is 23.8 Å². The van der Waals surface area contributed by atoms with Crippen molar-refractivity contribution in [2.24, 2.45) is 23.7 Å². The number of allylic oxidation sites excluding steroid dienone is 2. The van der Waals surface area contributed by atoms with Gasteiger partial charge in [0.2, 0.25) is 11.8 Å². The van der Waals surface area contributed by atoms with Crippen LogP contribution in [0.3, 0.4) is 0 Å². The number of imide groups is 1. The van der Waals surface area contributed by atoms with Gasteiger partial charge in [0, 0.05) is 5.02 Å². The van der Waals surface area contributed by atoms with Crippen LogP contribution in [0.1, 0.15) is 12.8 Å². The molecule has 5 rings (SSSR count). The molecule has 0 radical (unpaired) electrons. The van der Waals surface area contributed by atoms with E-state index in [2.05, 4.69) is 0 Å². The Morgan fingerprint density at radius 1 is 1.05 bits per heavy atom. The van der Waals surface area contributed by atoms with Gasteiger partial charge in [-0.1, -0.05) is 23.8 Å². The average molecular weight is 306 g/mol. The predicted octanol–water partition coefficient (Wildman–Crippen LogP) is 3.18. The summed E-state index contributed by atoms with van der Waals surface area (Å²) in [6, 6.07) is 4.03. The second-order valence-corrected chi connectivity index (χ2v) is 6.39. The van der Waals surface area contributed by atoms with Gasteiger partial charge in [0.05, 0.1) is 17.5 Å². The Morgan fingerprint density at radius 3 is 2.10 bits per heavy atom. The van der Waals surface area contributed by atoms with Crippen molar-refractivity contribution in [2.75, 3.05) is 4.90 Å². The summed E-state index contributed by atoms with van der Waals surface area (Å²) < 4.78 is 14.1. The Labute approximate surface area is 126 Å². The number of fused-ring (bicyclic) bond motifs is 1. The summed E-state index contributed by atoms with van der Waals surface area (Å²) in [6.07, 6.45) is 5.95. The largest absolute Gasteiger partial charge is 0.274 e. The number of carbonyl (C=O) groups is 2. The van der Waals surface area contributed by atoms with Crippen molar-refractivity contribution in [3.63, 3.8) is 0 Å². The smallest absolute Gasteiger partial charge is 0.238 e. The molecule has 2 amide bonds. The molecule has 4 atom stereocenters. The van der Waals surface area contributed by atoms with Gasteiger partial charge < -0.3 is 0 Å². The second kappa shape index (κ2) is 4.41. The topological polar surface area (TPSA) is 37.4 Å². The Kier molecular flexibility index (Phi) is 2.73. The van der Waals surface area contributed by atoms with E-state index in [1.54, 1.807) is 0 Å². The first-order chi connectivity index (χ1) is 10.1. The molecule has 4 aliphatic rings. The fourth-order valence-electron chi connectivity index (χ4n) is 3.97. The highest BCUT2D eigenvalue weighted by molar-refractivity contribution is 6.31. The summed E-state index contributed by atoms with van der Waals surface area (Å²) in [5.74, 6) is -1.61. The second-order valence-electron chi connectivity index (χ2n) is 5.95. The van der Waals surface area contributed by atoms with Crippen LogP contribution in [0.15, 0.2) is 30.4 Å². The van der Waals surface area contributed by atoms with Crippen LogP contribution in [0.5, 0.6) is 0 Å². The van der Waals surface area contributed by atoms with E-state index in [4.69, 9.17) is 11.6 Å². The van der Waals surface area contributed by atoms with Gasteiger partial charge in [0.25, 0.3) is 0 Å². The minimum atomic E-state index is -0.636. The van der Waals surface area contributed by atoms with E-state index in [-0.39, 0.29) is 46.2 Å². The maximum Gasteiger partial charge on any atom is 0.238 e. The number of hydrogen-bond acceptors (Lipinski definition) is 2. The minimum Gasteiger partial charge on any atom is -0.274 e. The van der Waals surface area contributed by atoms with Gasteiger partial charge in [0.15, 0.2) is 0 Å². The van der Waals surface area contributed by atoms with Crippen molar-refractivity contribution in [3.05, 3.63) is 41.2 Å². The molecule has 1 aliphatic heterocycles. The van der Waals surface area contributed by atoms with Crippen LogP contribution in [0.25, 0.3) is 0 Å². The fraction of sp³-hybridized carbons (Fsp3) is 0.375. The summed E-state index contributed by atoms with van der Waals surface area (Å²) in [7, 11) is 0. The van der Waals surface area contributed by atoms with Crippen LogP contribution in [-0.4, -0.2) is 11.8 Å². The molecule has 1 saturated heterocycles. The normalized spacial score (nSPS) is 33.7. The Bertz CT molecular complexity index is 655. The van der Waals surface area contributed by atoms with Crippen LogP contribution in [0.2, 0.25) is 5.02 Å².